The molecule has 2 N–H and O–H groups in total. The number of carbonyl (C=O) groups is 2. The molecule has 2 heterocycles. The molecule has 3 aromatic rings. The lowest BCUT2D eigenvalue weighted by Gasteiger charge is -2.19. The molecule has 0 aliphatic carbocycles. The fourth-order valence-corrected chi connectivity index (χ4v) is 3.43. The summed E-state index contributed by atoms with van der Waals surface area (Å²) in [5.74, 6) is 1.09. The number of aromatic nitrogens is 4. The lowest BCUT2D eigenvalue weighted by Crippen LogP contribution is -2.23. The third kappa shape index (κ3) is 6.40. The molecule has 0 aliphatic heterocycles. The van der Waals surface area contributed by atoms with Gasteiger partial charge >= 0.3 is 5.97 Å². The molecule has 2 aromatic heterocycles. The van der Waals surface area contributed by atoms with Gasteiger partial charge in [-0.2, -0.15) is 0 Å². The first-order chi connectivity index (χ1) is 15.5. The average molecular weight is 455 g/mol. The molecular weight excluding hydrogens is 420 g/mol. The van der Waals surface area contributed by atoms with Gasteiger partial charge in [-0.05, 0) is 58.7 Å². The summed E-state index contributed by atoms with van der Waals surface area (Å²) < 4.78 is 7.30. The number of ether oxygens (including phenoxy) is 1. The average Bonchev–Trinajstić information content (AvgIpc) is 3.11. The van der Waals surface area contributed by atoms with Gasteiger partial charge in [0.25, 0.3) is 0 Å². The van der Waals surface area contributed by atoms with Gasteiger partial charge in [-0.1, -0.05) is 20.3 Å². The van der Waals surface area contributed by atoms with Crippen molar-refractivity contribution in [2.75, 3.05) is 17.2 Å². The molecule has 0 saturated heterocycles. The molecule has 1 amide bonds. The van der Waals surface area contributed by atoms with Gasteiger partial charge in [0.2, 0.25) is 11.6 Å². The highest BCUT2D eigenvalue weighted by molar-refractivity contribution is 5.94. The van der Waals surface area contributed by atoms with Crippen molar-refractivity contribution in [1.82, 2.24) is 19.6 Å². The van der Waals surface area contributed by atoms with Crippen LogP contribution in [-0.4, -0.2) is 43.6 Å². The normalized spacial score (nSPS) is 11.8. The predicted octanol–water partition coefficient (Wildman–Crippen LogP) is 4.49. The lowest BCUT2D eigenvalue weighted by molar-refractivity contribution is -0.154. The highest BCUT2D eigenvalue weighted by Gasteiger charge is 2.16. The molecule has 0 atom stereocenters. The zero-order chi connectivity index (χ0) is 24.2. The molecule has 1 aromatic carbocycles. The summed E-state index contributed by atoms with van der Waals surface area (Å²) >= 11 is 0. The minimum Gasteiger partial charge on any atom is -0.460 e. The number of nitrogens with one attached hydrogen (secondary N) is 2. The van der Waals surface area contributed by atoms with Crippen LogP contribution in [0.2, 0.25) is 0 Å². The Morgan fingerprint density at radius 1 is 1.12 bits per heavy atom. The summed E-state index contributed by atoms with van der Waals surface area (Å²) in [5.41, 5.74) is 2.52. The molecule has 0 aliphatic rings. The largest absolute Gasteiger partial charge is 0.460 e. The maximum Gasteiger partial charge on any atom is 0.306 e. The number of esters is 1. The Hall–Kier alpha value is -3.23. The van der Waals surface area contributed by atoms with Crippen LogP contribution in [0, 0.1) is 12.8 Å². The van der Waals surface area contributed by atoms with Gasteiger partial charge in [-0.25, -0.2) is 4.98 Å². The number of carbonyl (C=O) groups excluding carboxylic acids is 2. The molecule has 0 bridgehead atoms. The Kier molecular flexibility index (Phi) is 7.50. The topological polar surface area (TPSA) is 111 Å². The highest BCUT2D eigenvalue weighted by Crippen LogP contribution is 2.24. The molecule has 3 rings (SSSR count). The number of amides is 1. The number of hydrogen-bond donors (Lipinski definition) is 2. The maximum absolute atomic E-state index is 12.1. The smallest absolute Gasteiger partial charge is 0.306 e. The summed E-state index contributed by atoms with van der Waals surface area (Å²) in [4.78, 5) is 28.7. The van der Waals surface area contributed by atoms with E-state index in [0.29, 0.717) is 30.1 Å². The molecule has 9 heteroatoms. The summed E-state index contributed by atoms with van der Waals surface area (Å²) in [6.45, 7) is 11.9. The van der Waals surface area contributed by atoms with Crippen molar-refractivity contribution < 1.29 is 14.3 Å². The number of hydrogen-bond acceptors (Lipinski definition) is 7. The van der Waals surface area contributed by atoms with E-state index >= 15 is 0 Å². The molecule has 33 heavy (non-hydrogen) atoms. The second kappa shape index (κ2) is 10.1. The van der Waals surface area contributed by atoms with Crippen LogP contribution in [0.5, 0.6) is 0 Å². The zero-order valence-corrected chi connectivity index (χ0v) is 20.4. The van der Waals surface area contributed by atoms with Crippen LogP contribution < -0.4 is 10.6 Å². The summed E-state index contributed by atoms with van der Waals surface area (Å²) in [6.07, 6.45) is 2.98. The van der Waals surface area contributed by atoms with Crippen LogP contribution in [0.1, 0.15) is 66.1 Å². The number of unbranched alkanes of at least 4 members (excludes halogenated alkanes) is 2. The van der Waals surface area contributed by atoms with Gasteiger partial charge in [0.1, 0.15) is 11.4 Å². The molecule has 0 radical (unpaired) electrons. The van der Waals surface area contributed by atoms with Gasteiger partial charge in [0.05, 0.1) is 11.0 Å². The van der Waals surface area contributed by atoms with E-state index in [1.165, 1.54) is 0 Å². The summed E-state index contributed by atoms with van der Waals surface area (Å²) in [7, 11) is 0. The quantitative estimate of drug-likeness (QED) is 0.362. The second-order valence-corrected chi connectivity index (χ2v) is 9.54. The molecule has 0 spiro atoms. The summed E-state index contributed by atoms with van der Waals surface area (Å²) in [5, 5.41) is 14.8. The predicted molar refractivity (Wildman–Crippen MR) is 129 cm³/mol. The standard InChI is InChI=1S/C24H34N6O3/c1-15(2)23(32)26-17-11-12-19-18(14-17)27-21(22-29-28-16(3)30(19)22)25-13-9-7-8-10-20(31)33-24(4,5)6/h11-12,14-15H,7-10,13H2,1-6H3,(H,25,27)(H,26,32). The van der Waals surface area contributed by atoms with Crippen LogP contribution in [0.4, 0.5) is 11.5 Å². The first-order valence-electron chi connectivity index (χ1n) is 11.5. The first-order valence-corrected chi connectivity index (χ1v) is 11.5. The molecule has 0 unspecified atom stereocenters. The van der Waals surface area contributed by atoms with Gasteiger partial charge in [-0.15, -0.1) is 10.2 Å². The van der Waals surface area contributed by atoms with Gasteiger partial charge in [0.15, 0.2) is 5.82 Å². The Labute approximate surface area is 194 Å². The van der Waals surface area contributed by atoms with Crippen molar-refractivity contribution in [2.45, 2.75) is 72.8 Å². The Morgan fingerprint density at radius 3 is 2.58 bits per heavy atom. The number of aryl methyl sites for hydroxylation is 1. The fraction of sp³-hybridized carbons (Fsp3) is 0.542. The van der Waals surface area contributed by atoms with Crippen LogP contribution >= 0.6 is 0 Å². The van der Waals surface area contributed by atoms with Crippen molar-refractivity contribution in [3.8, 4) is 0 Å². The number of benzene rings is 1. The van der Waals surface area contributed by atoms with Gasteiger partial charge < -0.3 is 15.4 Å². The van der Waals surface area contributed by atoms with E-state index in [0.717, 1.165) is 36.1 Å². The monoisotopic (exact) mass is 454 g/mol. The van der Waals surface area contributed by atoms with Crippen LogP contribution in [0.25, 0.3) is 16.7 Å². The van der Waals surface area contributed by atoms with Crippen molar-refractivity contribution in [2.24, 2.45) is 5.92 Å². The number of anilines is 2. The van der Waals surface area contributed by atoms with Crippen molar-refractivity contribution in [3.05, 3.63) is 24.0 Å². The SMILES string of the molecule is Cc1nnc2c(NCCCCCC(=O)OC(C)(C)C)nc3cc(NC(=O)C(C)C)ccc3n12. The molecular formula is C24H34N6O3. The van der Waals surface area contributed by atoms with Crippen LogP contribution in [0.3, 0.4) is 0 Å². The van der Waals surface area contributed by atoms with Gasteiger partial charge in [0, 0.05) is 24.6 Å². The number of rotatable bonds is 9. The van der Waals surface area contributed by atoms with Crippen LogP contribution in [-0.2, 0) is 14.3 Å². The van der Waals surface area contributed by atoms with E-state index in [2.05, 4.69) is 20.8 Å². The first kappa shape index (κ1) is 24.4. The fourth-order valence-electron chi connectivity index (χ4n) is 3.43. The third-order valence-corrected chi connectivity index (χ3v) is 5.05. The zero-order valence-electron chi connectivity index (χ0n) is 20.4. The molecule has 0 saturated carbocycles. The van der Waals surface area contributed by atoms with E-state index in [9.17, 15) is 9.59 Å². The van der Waals surface area contributed by atoms with E-state index in [1.807, 2.05) is 64.1 Å². The van der Waals surface area contributed by atoms with Crippen molar-refractivity contribution in [1.29, 1.82) is 0 Å². The Balaban J connectivity index is 1.67. The molecule has 178 valence electrons. The second-order valence-electron chi connectivity index (χ2n) is 9.54. The number of fused-ring (bicyclic) bond motifs is 3. The minimum absolute atomic E-state index is 0.0411. The van der Waals surface area contributed by atoms with Crippen molar-refractivity contribution in [3.63, 3.8) is 0 Å². The molecule has 9 nitrogen and oxygen atoms in total. The Morgan fingerprint density at radius 2 is 1.88 bits per heavy atom. The van der Waals surface area contributed by atoms with E-state index in [-0.39, 0.29) is 17.8 Å². The number of nitrogens with zero attached hydrogens (tertiary/aromatic N) is 4. The third-order valence-electron chi connectivity index (χ3n) is 5.05. The minimum atomic E-state index is -0.445. The van der Waals surface area contributed by atoms with E-state index < -0.39 is 5.60 Å². The van der Waals surface area contributed by atoms with E-state index in [1.54, 1.807) is 0 Å². The maximum atomic E-state index is 12.1. The van der Waals surface area contributed by atoms with Crippen LogP contribution in [0.15, 0.2) is 18.2 Å². The summed E-state index contributed by atoms with van der Waals surface area (Å²) in [6, 6.07) is 5.64. The molecule has 0 fully saturated rings. The Bertz CT molecular complexity index is 1150. The van der Waals surface area contributed by atoms with Gasteiger partial charge in [-0.3, -0.25) is 14.0 Å². The van der Waals surface area contributed by atoms with E-state index in [4.69, 9.17) is 9.72 Å². The van der Waals surface area contributed by atoms with Crippen molar-refractivity contribution >= 4 is 40.1 Å². The lowest BCUT2D eigenvalue weighted by atomic mass is 10.1. The highest BCUT2D eigenvalue weighted by atomic mass is 16.6.